The molecule has 1 aliphatic carbocycles. The molecule has 0 unspecified atom stereocenters. The van der Waals surface area contributed by atoms with Gasteiger partial charge in [0.25, 0.3) is 0 Å². The first-order chi connectivity index (χ1) is 6.45. The second-order valence-corrected chi connectivity index (χ2v) is 5.02. The van der Waals surface area contributed by atoms with E-state index in [0.717, 1.165) is 19.4 Å². The van der Waals surface area contributed by atoms with Gasteiger partial charge in [-0.2, -0.15) is 0 Å². The van der Waals surface area contributed by atoms with Crippen molar-refractivity contribution in [2.45, 2.75) is 38.6 Å². The van der Waals surface area contributed by atoms with Gasteiger partial charge in [-0.15, -0.1) is 0 Å². The summed E-state index contributed by atoms with van der Waals surface area (Å²) in [6.45, 7) is 4.85. The maximum absolute atomic E-state index is 11.6. The van der Waals surface area contributed by atoms with Gasteiger partial charge in [0.2, 0.25) is 5.91 Å². The number of likely N-dealkylation sites (N-methyl/N-ethyl adjacent to an activating group) is 1. The van der Waals surface area contributed by atoms with Gasteiger partial charge in [0, 0.05) is 12.5 Å². The van der Waals surface area contributed by atoms with Crippen LogP contribution in [0.25, 0.3) is 0 Å². The van der Waals surface area contributed by atoms with E-state index in [-0.39, 0.29) is 17.4 Å². The fourth-order valence-electron chi connectivity index (χ4n) is 1.94. The molecule has 0 spiro atoms. The van der Waals surface area contributed by atoms with Crippen molar-refractivity contribution >= 4 is 5.91 Å². The summed E-state index contributed by atoms with van der Waals surface area (Å²) in [7, 11) is 4.11. The molecule has 0 atom stereocenters. The zero-order valence-electron chi connectivity index (χ0n) is 9.76. The van der Waals surface area contributed by atoms with Crippen molar-refractivity contribution in [3.05, 3.63) is 0 Å². The first kappa shape index (κ1) is 11.5. The third-order valence-electron chi connectivity index (χ3n) is 2.84. The predicted molar refractivity (Wildman–Crippen MR) is 58.1 cm³/mol. The lowest BCUT2D eigenvalue weighted by molar-refractivity contribution is -0.127. The highest BCUT2D eigenvalue weighted by molar-refractivity contribution is 5.78. The number of rotatable bonds is 4. The normalized spacial score (nSPS) is 19.6. The van der Waals surface area contributed by atoms with Crippen LogP contribution in [-0.2, 0) is 4.79 Å². The molecule has 82 valence electrons. The largest absolute Gasteiger partial charge is 0.349 e. The molecule has 14 heavy (non-hydrogen) atoms. The zero-order chi connectivity index (χ0) is 10.8. The molecule has 0 aliphatic heterocycles. The number of hydrogen-bond donors (Lipinski definition) is 1. The summed E-state index contributed by atoms with van der Waals surface area (Å²) < 4.78 is 0. The second-order valence-electron chi connectivity index (χ2n) is 5.02. The minimum Gasteiger partial charge on any atom is -0.349 e. The molecule has 1 fully saturated rings. The molecule has 1 amide bonds. The lowest BCUT2D eigenvalue weighted by Crippen LogP contribution is -2.59. The van der Waals surface area contributed by atoms with Crippen molar-refractivity contribution in [1.29, 1.82) is 0 Å². The minimum atomic E-state index is 0.0743. The summed E-state index contributed by atoms with van der Waals surface area (Å²) in [6, 6.07) is 0. The van der Waals surface area contributed by atoms with Crippen molar-refractivity contribution < 1.29 is 4.79 Å². The van der Waals surface area contributed by atoms with E-state index >= 15 is 0 Å². The standard InChI is InChI=1S/C11H22N2O/c1-9(2)10(14)12-11(6-5-7-11)8-13(3)4/h9H,5-8H2,1-4H3,(H,12,14). The Morgan fingerprint density at radius 1 is 1.43 bits per heavy atom. The Hall–Kier alpha value is -0.570. The predicted octanol–water partition coefficient (Wildman–Crippen LogP) is 1.24. The first-order valence-electron chi connectivity index (χ1n) is 5.42. The van der Waals surface area contributed by atoms with E-state index < -0.39 is 0 Å². The van der Waals surface area contributed by atoms with Crippen LogP contribution >= 0.6 is 0 Å². The topological polar surface area (TPSA) is 32.3 Å². The molecular weight excluding hydrogens is 176 g/mol. The molecule has 3 nitrogen and oxygen atoms in total. The van der Waals surface area contributed by atoms with Crippen LogP contribution < -0.4 is 5.32 Å². The fraction of sp³-hybridized carbons (Fsp3) is 0.909. The van der Waals surface area contributed by atoms with E-state index in [0.29, 0.717) is 0 Å². The summed E-state index contributed by atoms with van der Waals surface area (Å²) in [5.41, 5.74) is 0.0743. The highest BCUT2D eigenvalue weighted by Crippen LogP contribution is 2.32. The molecule has 0 aromatic rings. The molecule has 1 saturated carbocycles. The van der Waals surface area contributed by atoms with E-state index in [1.54, 1.807) is 0 Å². The van der Waals surface area contributed by atoms with E-state index in [9.17, 15) is 4.79 Å². The van der Waals surface area contributed by atoms with Crippen molar-refractivity contribution in [3.8, 4) is 0 Å². The maximum atomic E-state index is 11.6. The highest BCUT2D eigenvalue weighted by Gasteiger charge is 2.38. The summed E-state index contributed by atoms with van der Waals surface area (Å²) >= 11 is 0. The Morgan fingerprint density at radius 3 is 2.29 bits per heavy atom. The van der Waals surface area contributed by atoms with Crippen molar-refractivity contribution in [3.63, 3.8) is 0 Å². The van der Waals surface area contributed by atoms with Crippen LogP contribution in [0.1, 0.15) is 33.1 Å². The number of hydrogen-bond acceptors (Lipinski definition) is 2. The number of nitrogens with zero attached hydrogens (tertiary/aromatic N) is 1. The number of carbonyl (C=O) groups excluding carboxylic acids is 1. The van der Waals surface area contributed by atoms with Gasteiger partial charge in [-0.05, 0) is 33.4 Å². The number of nitrogens with one attached hydrogen (secondary N) is 1. The molecule has 3 heteroatoms. The lowest BCUT2D eigenvalue weighted by atomic mass is 9.76. The molecule has 0 heterocycles. The molecule has 1 rings (SSSR count). The SMILES string of the molecule is CC(C)C(=O)NC1(CN(C)C)CCC1. The molecule has 1 N–H and O–H groups in total. The molecule has 0 radical (unpaired) electrons. The van der Waals surface area contributed by atoms with Crippen LogP contribution in [0.15, 0.2) is 0 Å². The van der Waals surface area contributed by atoms with E-state index in [1.165, 1.54) is 6.42 Å². The van der Waals surface area contributed by atoms with Crippen LogP contribution in [-0.4, -0.2) is 37.0 Å². The third-order valence-corrected chi connectivity index (χ3v) is 2.84. The van der Waals surface area contributed by atoms with Gasteiger partial charge in [-0.3, -0.25) is 4.79 Å². The van der Waals surface area contributed by atoms with Gasteiger partial charge in [0.05, 0.1) is 5.54 Å². The van der Waals surface area contributed by atoms with Crippen molar-refractivity contribution in [1.82, 2.24) is 10.2 Å². The van der Waals surface area contributed by atoms with Crippen LogP contribution in [0.2, 0.25) is 0 Å². The number of carbonyl (C=O) groups is 1. The van der Waals surface area contributed by atoms with E-state index in [2.05, 4.69) is 24.3 Å². The van der Waals surface area contributed by atoms with Gasteiger partial charge >= 0.3 is 0 Å². The Kier molecular flexibility index (Phi) is 3.53. The van der Waals surface area contributed by atoms with Gasteiger partial charge in [0.1, 0.15) is 0 Å². The minimum absolute atomic E-state index is 0.0743. The van der Waals surface area contributed by atoms with Crippen LogP contribution in [0.3, 0.4) is 0 Å². The molecule has 0 aromatic carbocycles. The fourth-order valence-corrected chi connectivity index (χ4v) is 1.94. The summed E-state index contributed by atoms with van der Waals surface area (Å²) in [5, 5.41) is 3.18. The molecular formula is C11H22N2O. The lowest BCUT2D eigenvalue weighted by Gasteiger charge is -2.44. The summed E-state index contributed by atoms with van der Waals surface area (Å²) in [4.78, 5) is 13.8. The van der Waals surface area contributed by atoms with E-state index in [4.69, 9.17) is 0 Å². The maximum Gasteiger partial charge on any atom is 0.223 e. The smallest absolute Gasteiger partial charge is 0.223 e. The Balaban J connectivity index is 2.49. The number of amides is 1. The summed E-state index contributed by atoms with van der Waals surface area (Å²) in [6.07, 6.45) is 3.50. The molecule has 1 aliphatic rings. The third kappa shape index (κ3) is 2.71. The quantitative estimate of drug-likeness (QED) is 0.737. The monoisotopic (exact) mass is 198 g/mol. The van der Waals surface area contributed by atoms with Gasteiger partial charge < -0.3 is 10.2 Å². The molecule has 0 saturated heterocycles. The zero-order valence-corrected chi connectivity index (χ0v) is 9.76. The van der Waals surface area contributed by atoms with Gasteiger partial charge in [0.15, 0.2) is 0 Å². The average Bonchev–Trinajstić information content (AvgIpc) is 1.99. The Morgan fingerprint density at radius 2 is 2.00 bits per heavy atom. The van der Waals surface area contributed by atoms with Crippen LogP contribution in [0, 0.1) is 5.92 Å². The average molecular weight is 198 g/mol. The highest BCUT2D eigenvalue weighted by atomic mass is 16.2. The molecule has 0 aromatic heterocycles. The molecule has 0 bridgehead atoms. The van der Waals surface area contributed by atoms with Gasteiger partial charge in [-0.1, -0.05) is 13.8 Å². The van der Waals surface area contributed by atoms with E-state index in [1.807, 2.05) is 13.8 Å². The Labute approximate surface area is 86.9 Å². The van der Waals surface area contributed by atoms with Gasteiger partial charge in [-0.25, -0.2) is 0 Å². The first-order valence-corrected chi connectivity index (χ1v) is 5.42. The summed E-state index contributed by atoms with van der Waals surface area (Å²) in [5.74, 6) is 0.279. The van der Waals surface area contributed by atoms with Crippen molar-refractivity contribution in [2.75, 3.05) is 20.6 Å². The van der Waals surface area contributed by atoms with Crippen molar-refractivity contribution in [2.24, 2.45) is 5.92 Å². The van der Waals surface area contributed by atoms with Crippen LogP contribution in [0.4, 0.5) is 0 Å². The van der Waals surface area contributed by atoms with Crippen LogP contribution in [0.5, 0.6) is 0 Å². The Bertz CT molecular complexity index is 207. The second kappa shape index (κ2) is 4.30.